The van der Waals surface area contributed by atoms with E-state index >= 15 is 0 Å². The van der Waals surface area contributed by atoms with Crippen molar-refractivity contribution in [2.45, 2.75) is 44.8 Å². The zero-order valence-corrected chi connectivity index (χ0v) is 17.6. The van der Waals surface area contributed by atoms with E-state index < -0.39 is 0 Å². The van der Waals surface area contributed by atoms with Crippen LogP contribution in [0, 0.1) is 5.82 Å². The standard InChI is InChI=1S/C21H33FN4O3/c1-4-16(29-19-11-6-5-10-18(19)22)13-23-21(25-15-20(27)26(2)3)24-14-17-9-7-8-12-28-17/h5-6,10-11,16-17H,4,7-9,12-15H2,1-3H3,(H2,23,24,25). The van der Waals surface area contributed by atoms with E-state index in [2.05, 4.69) is 15.6 Å². The average molecular weight is 409 g/mol. The maximum atomic E-state index is 13.9. The van der Waals surface area contributed by atoms with Crippen LogP contribution in [0.3, 0.4) is 0 Å². The summed E-state index contributed by atoms with van der Waals surface area (Å²) in [6.45, 7) is 3.84. The minimum Gasteiger partial charge on any atom is -0.486 e. The molecule has 0 spiro atoms. The molecular weight excluding hydrogens is 375 g/mol. The van der Waals surface area contributed by atoms with Gasteiger partial charge >= 0.3 is 0 Å². The Morgan fingerprint density at radius 2 is 2.14 bits per heavy atom. The van der Waals surface area contributed by atoms with Gasteiger partial charge in [-0.05, 0) is 37.8 Å². The lowest BCUT2D eigenvalue weighted by Gasteiger charge is -2.25. The molecule has 7 nitrogen and oxygen atoms in total. The zero-order valence-electron chi connectivity index (χ0n) is 17.6. The molecule has 0 aromatic heterocycles. The molecule has 1 aromatic rings. The summed E-state index contributed by atoms with van der Waals surface area (Å²) < 4.78 is 25.4. The molecule has 2 rings (SSSR count). The van der Waals surface area contributed by atoms with Gasteiger partial charge in [0.2, 0.25) is 5.91 Å². The summed E-state index contributed by atoms with van der Waals surface area (Å²) in [4.78, 5) is 17.8. The molecule has 2 N–H and O–H groups in total. The van der Waals surface area contributed by atoms with E-state index in [1.54, 1.807) is 32.3 Å². The lowest BCUT2D eigenvalue weighted by molar-refractivity contribution is -0.127. The van der Waals surface area contributed by atoms with E-state index in [0.717, 1.165) is 25.9 Å². The van der Waals surface area contributed by atoms with Crippen LogP contribution in [0.1, 0.15) is 32.6 Å². The van der Waals surface area contributed by atoms with Crippen molar-refractivity contribution in [3.63, 3.8) is 0 Å². The van der Waals surface area contributed by atoms with Gasteiger partial charge in [-0.3, -0.25) is 4.79 Å². The summed E-state index contributed by atoms with van der Waals surface area (Å²) in [6.07, 6.45) is 3.84. The van der Waals surface area contributed by atoms with Crippen LogP contribution >= 0.6 is 0 Å². The van der Waals surface area contributed by atoms with Gasteiger partial charge in [-0.25, -0.2) is 9.38 Å². The molecule has 0 saturated carbocycles. The minimum absolute atomic E-state index is 0.0405. The number of halogens is 1. The fraction of sp³-hybridized carbons (Fsp3) is 0.619. The fourth-order valence-electron chi connectivity index (χ4n) is 2.84. The Hall–Kier alpha value is -2.35. The van der Waals surface area contributed by atoms with Crippen LogP contribution in [0.15, 0.2) is 29.3 Å². The highest BCUT2D eigenvalue weighted by atomic mass is 19.1. The number of para-hydroxylation sites is 1. The average Bonchev–Trinajstić information content (AvgIpc) is 2.73. The lowest BCUT2D eigenvalue weighted by atomic mass is 10.1. The molecule has 1 fully saturated rings. The third-order valence-electron chi connectivity index (χ3n) is 4.73. The quantitative estimate of drug-likeness (QED) is 0.484. The first-order chi connectivity index (χ1) is 14.0. The van der Waals surface area contributed by atoms with E-state index in [0.29, 0.717) is 25.5 Å². The van der Waals surface area contributed by atoms with Crippen molar-refractivity contribution >= 4 is 11.9 Å². The van der Waals surface area contributed by atoms with Crippen molar-refractivity contribution < 1.29 is 18.7 Å². The van der Waals surface area contributed by atoms with Crippen LogP contribution in [0.2, 0.25) is 0 Å². The summed E-state index contributed by atoms with van der Waals surface area (Å²) in [5, 5.41) is 6.46. The number of guanidine groups is 1. The number of hydrogen-bond acceptors (Lipinski definition) is 4. The summed E-state index contributed by atoms with van der Waals surface area (Å²) in [6, 6.07) is 6.36. The second-order valence-electron chi connectivity index (χ2n) is 7.28. The monoisotopic (exact) mass is 408 g/mol. The molecule has 1 saturated heterocycles. The van der Waals surface area contributed by atoms with Crippen LogP contribution in [0.4, 0.5) is 4.39 Å². The highest BCUT2D eigenvalue weighted by Crippen LogP contribution is 2.17. The summed E-state index contributed by atoms with van der Waals surface area (Å²) in [5.41, 5.74) is 0. The Balaban J connectivity index is 1.93. The minimum atomic E-state index is -0.385. The second-order valence-corrected chi connectivity index (χ2v) is 7.28. The number of likely N-dealkylation sites (N-methyl/N-ethyl adjacent to an activating group) is 1. The van der Waals surface area contributed by atoms with Crippen molar-refractivity contribution in [2.75, 3.05) is 40.3 Å². The Morgan fingerprint density at radius 3 is 2.79 bits per heavy atom. The number of nitrogens with zero attached hydrogens (tertiary/aromatic N) is 2. The normalized spacial score (nSPS) is 18.1. The Bertz CT molecular complexity index is 663. The molecule has 1 aliphatic heterocycles. The zero-order chi connectivity index (χ0) is 21.1. The van der Waals surface area contributed by atoms with Gasteiger partial charge in [0.05, 0.1) is 12.6 Å². The van der Waals surface area contributed by atoms with Crippen LogP contribution in [-0.2, 0) is 9.53 Å². The number of ether oxygens (including phenoxy) is 2. The SMILES string of the molecule is CCC(CNC(=NCC(=O)N(C)C)NCC1CCCCO1)Oc1ccccc1F. The molecule has 162 valence electrons. The highest BCUT2D eigenvalue weighted by molar-refractivity contribution is 5.84. The van der Waals surface area contributed by atoms with Gasteiger partial charge in [-0.1, -0.05) is 19.1 Å². The van der Waals surface area contributed by atoms with E-state index in [1.165, 1.54) is 11.0 Å². The number of carbonyl (C=O) groups excluding carboxylic acids is 1. The predicted molar refractivity (Wildman–Crippen MR) is 112 cm³/mol. The van der Waals surface area contributed by atoms with Gasteiger partial charge in [0.25, 0.3) is 0 Å². The first-order valence-corrected chi connectivity index (χ1v) is 10.2. The molecule has 1 aromatic carbocycles. The largest absolute Gasteiger partial charge is 0.486 e. The molecule has 2 atom stereocenters. The van der Waals surface area contributed by atoms with E-state index in [4.69, 9.17) is 9.47 Å². The van der Waals surface area contributed by atoms with Crippen molar-refractivity contribution in [1.29, 1.82) is 0 Å². The third-order valence-corrected chi connectivity index (χ3v) is 4.73. The summed E-state index contributed by atoms with van der Waals surface area (Å²) in [5.74, 6) is 0.273. The van der Waals surface area contributed by atoms with Gasteiger partial charge in [0, 0.05) is 27.2 Å². The van der Waals surface area contributed by atoms with Gasteiger partial charge in [0.15, 0.2) is 17.5 Å². The predicted octanol–water partition coefficient (Wildman–Crippen LogP) is 2.18. The molecule has 1 amide bonds. The van der Waals surface area contributed by atoms with Gasteiger partial charge in [-0.2, -0.15) is 0 Å². The lowest BCUT2D eigenvalue weighted by Crippen LogP contribution is -2.46. The van der Waals surface area contributed by atoms with Crippen molar-refractivity contribution in [3.05, 3.63) is 30.1 Å². The third kappa shape index (κ3) is 8.27. The number of aliphatic imine (C=N–C) groups is 1. The van der Waals surface area contributed by atoms with E-state index in [9.17, 15) is 9.18 Å². The molecule has 0 bridgehead atoms. The fourth-order valence-corrected chi connectivity index (χ4v) is 2.84. The number of benzene rings is 1. The number of carbonyl (C=O) groups is 1. The maximum absolute atomic E-state index is 13.9. The Kier molecular flexibility index (Phi) is 9.70. The number of nitrogens with one attached hydrogen (secondary N) is 2. The van der Waals surface area contributed by atoms with Crippen molar-refractivity contribution in [1.82, 2.24) is 15.5 Å². The van der Waals surface area contributed by atoms with Crippen LogP contribution < -0.4 is 15.4 Å². The molecule has 0 aliphatic carbocycles. The molecule has 2 unspecified atom stereocenters. The Labute approximate surface area is 172 Å². The molecule has 0 radical (unpaired) electrons. The summed E-state index contributed by atoms with van der Waals surface area (Å²) >= 11 is 0. The van der Waals surface area contributed by atoms with Crippen LogP contribution in [0.25, 0.3) is 0 Å². The summed E-state index contributed by atoms with van der Waals surface area (Å²) in [7, 11) is 3.40. The smallest absolute Gasteiger partial charge is 0.243 e. The van der Waals surface area contributed by atoms with Gasteiger partial charge in [0.1, 0.15) is 12.6 Å². The Morgan fingerprint density at radius 1 is 1.34 bits per heavy atom. The van der Waals surface area contributed by atoms with E-state index in [-0.39, 0.29) is 36.2 Å². The molecule has 29 heavy (non-hydrogen) atoms. The van der Waals surface area contributed by atoms with Crippen molar-refractivity contribution in [3.8, 4) is 5.75 Å². The number of rotatable bonds is 9. The van der Waals surface area contributed by atoms with E-state index in [1.807, 2.05) is 6.92 Å². The molecule has 8 heteroatoms. The molecule has 1 aliphatic rings. The first-order valence-electron chi connectivity index (χ1n) is 10.2. The second kappa shape index (κ2) is 12.3. The first kappa shape index (κ1) is 22.9. The van der Waals surface area contributed by atoms with Crippen LogP contribution in [0.5, 0.6) is 5.75 Å². The van der Waals surface area contributed by atoms with Gasteiger partial charge in [-0.15, -0.1) is 0 Å². The maximum Gasteiger partial charge on any atom is 0.243 e. The molecular formula is C21H33FN4O3. The topological polar surface area (TPSA) is 75.2 Å². The molecule has 1 heterocycles. The number of hydrogen-bond donors (Lipinski definition) is 2. The van der Waals surface area contributed by atoms with Crippen molar-refractivity contribution in [2.24, 2.45) is 4.99 Å². The van der Waals surface area contributed by atoms with Crippen LogP contribution in [-0.4, -0.2) is 69.3 Å². The highest BCUT2D eigenvalue weighted by Gasteiger charge is 2.16. The number of amides is 1. The van der Waals surface area contributed by atoms with Gasteiger partial charge < -0.3 is 25.0 Å².